The third-order valence-corrected chi connectivity index (χ3v) is 6.69. The van der Waals surface area contributed by atoms with Gasteiger partial charge < -0.3 is 19.3 Å². The van der Waals surface area contributed by atoms with E-state index in [1.165, 1.54) is 21.9 Å². The van der Waals surface area contributed by atoms with Crippen LogP contribution in [0.15, 0.2) is 30.3 Å². The number of methoxy groups -OCH3 is 3. The number of hydrogen-bond acceptors (Lipinski definition) is 5. The molecule has 5 rings (SSSR count). The van der Waals surface area contributed by atoms with Crippen LogP contribution in [0, 0.1) is 0 Å². The predicted octanol–water partition coefficient (Wildman–Crippen LogP) is 3.90. The number of hydrogen-bond donors (Lipinski definition) is 1. The zero-order valence-electron chi connectivity index (χ0n) is 17.2. The summed E-state index contributed by atoms with van der Waals surface area (Å²) in [6, 6.07) is 10.7. The molecule has 1 saturated heterocycles. The van der Waals surface area contributed by atoms with Gasteiger partial charge in [-0.2, -0.15) is 0 Å². The number of rotatable bonds is 3. The fourth-order valence-electron chi connectivity index (χ4n) is 5.21. The Bertz CT molecular complexity index is 1090. The van der Waals surface area contributed by atoms with Crippen molar-refractivity contribution in [3.63, 3.8) is 0 Å². The van der Waals surface area contributed by atoms with E-state index in [1.54, 1.807) is 21.3 Å². The molecule has 29 heavy (non-hydrogen) atoms. The monoisotopic (exact) mass is 393 g/mol. The lowest BCUT2D eigenvalue weighted by atomic mass is 9.81. The summed E-state index contributed by atoms with van der Waals surface area (Å²) in [5, 5.41) is 15.4. The van der Waals surface area contributed by atoms with Crippen LogP contribution in [0.1, 0.15) is 24.0 Å². The van der Waals surface area contributed by atoms with Crippen molar-refractivity contribution in [2.45, 2.75) is 38.0 Å². The molecule has 0 unspecified atom stereocenters. The number of fused-ring (bicyclic) bond motifs is 7. The van der Waals surface area contributed by atoms with Crippen LogP contribution in [0.2, 0.25) is 0 Å². The van der Waals surface area contributed by atoms with Crippen molar-refractivity contribution in [2.24, 2.45) is 0 Å². The van der Waals surface area contributed by atoms with Crippen molar-refractivity contribution in [2.75, 3.05) is 27.9 Å². The summed E-state index contributed by atoms with van der Waals surface area (Å²) in [4.78, 5) is 2.45. The number of ether oxygens (including phenoxy) is 3. The van der Waals surface area contributed by atoms with Gasteiger partial charge in [0.2, 0.25) is 0 Å². The van der Waals surface area contributed by atoms with E-state index in [4.69, 9.17) is 14.2 Å². The first-order valence-electron chi connectivity index (χ1n) is 10.2. The Kier molecular flexibility index (Phi) is 4.52. The summed E-state index contributed by atoms with van der Waals surface area (Å²) in [6.07, 6.45) is 2.52. The summed E-state index contributed by atoms with van der Waals surface area (Å²) in [5.41, 5.74) is 2.67. The van der Waals surface area contributed by atoms with Gasteiger partial charge in [-0.25, -0.2) is 0 Å². The molecule has 0 amide bonds. The van der Waals surface area contributed by atoms with Gasteiger partial charge in [-0.05, 0) is 82.7 Å². The maximum Gasteiger partial charge on any atom is 0.161 e. The molecule has 2 aliphatic heterocycles. The normalized spacial score (nSPS) is 21.7. The second-order valence-corrected chi connectivity index (χ2v) is 8.07. The molecule has 0 aliphatic carbocycles. The first-order chi connectivity index (χ1) is 14.1. The highest BCUT2D eigenvalue weighted by Crippen LogP contribution is 2.44. The summed E-state index contributed by atoms with van der Waals surface area (Å²) < 4.78 is 16.7. The Morgan fingerprint density at radius 1 is 0.862 bits per heavy atom. The molecule has 0 radical (unpaired) electrons. The molecule has 152 valence electrons. The lowest BCUT2D eigenvalue weighted by molar-refractivity contribution is 0.00130. The third-order valence-electron chi connectivity index (χ3n) is 6.69. The van der Waals surface area contributed by atoms with E-state index in [9.17, 15) is 5.11 Å². The molecule has 5 heteroatoms. The van der Waals surface area contributed by atoms with Gasteiger partial charge in [-0.15, -0.1) is 0 Å². The molecule has 5 nitrogen and oxygen atoms in total. The number of piperidine rings is 1. The Morgan fingerprint density at radius 2 is 1.59 bits per heavy atom. The summed E-state index contributed by atoms with van der Waals surface area (Å²) in [7, 11) is 5.04. The van der Waals surface area contributed by atoms with Crippen LogP contribution >= 0.6 is 0 Å². The average Bonchev–Trinajstić information content (AvgIpc) is 2.77. The van der Waals surface area contributed by atoms with Crippen LogP contribution in [0.3, 0.4) is 0 Å². The Balaban J connectivity index is 1.84. The topological polar surface area (TPSA) is 51.2 Å². The summed E-state index contributed by atoms with van der Waals surface area (Å²) >= 11 is 0. The SMILES string of the molecule is COc1ccc2c3c(c4cc(OC)c(OC)cc4c2c1)C[C@H]1[C@H](O)CCCN1C3. The van der Waals surface area contributed by atoms with Gasteiger partial charge in [0, 0.05) is 12.6 Å². The smallest absolute Gasteiger partial charge is 0.161 e. The fourth-order valence-corrected chi connectivity index (χ4v) is 5.21. The third kappa shape index (κ3) is 2.83. The van der Waals surface area contributed by atoms with Crippen LogP contribution < -0.4 is 14.2 Å². The molecule has 1 fully saturated rings. The van der Waals surface area contributed by atoms with Crippen molar-refractivity contribution in [3.8, 4) is 17.2 Å². The number of aliphatic hydroxyl groups is 1. The average molecular weight is 393 g/mol. The minimum atomic E-state index is -0.265. The van der Waals surface area contributed by atoms with Gasteiger partial charge in [0.25, 0.3) is 0 Å². The maximum atomic E-state index is 10.7. The van der Waals surface area contributed by atoms with Crippen LogP contribution in [0.25, 0.3) is 21.5 Å². The zero-order chi connectivity index (χ0) is 20.1. The first kappa shape index (κ1) is 18.5. The van der Waals surface area contributed by atoms with Gasteiger partial charge in [0.15, 0.2) is 11.5 Å². The highest BCUT2D eigenvalue weighted by atomic mass is 16.5. The van der Waals surface area contributed by atoms with Crippen LogP contribution in [-0.2, 0) is 13.0 Å². The predicted molar refractivity (Wildman–Crippen MR) is 114 cm³/mol. The Morgan fingerprint density at radius 3 is 2.31 bits per heavy atom. The lowest BCUT2D eigenvalue weighted by Gasteiger charge is -2.43. The first-order valence-corrected chi connectivity index (χ1v) is 10.2. The van der Waals surface area contributed by atoms with E-state index in [0.29, 0.717) is 0 Å². The van der Waals surface area contributed by atoms with E-state index < -0.39 is 0 Å². The van der Waals surface area contributed by atoms with E-state index >= 15 is 0 Å². The summed E-state index contributed by atoms with van der Waals surface area (Å²) in [6.45, 7) is 1.91. The van der Waals surface area contributed by atoms with E-state index in [2.05, 4.69) is 29.2 Å². The highest BCUT2D eigenvalue weighted by Gasteiger charge is 2.36. The van der Waals surface area contributed by atoms with Crippen molar-refractivity contribution < 1.29 is 19.3 Å². The zero-order valence-corrected chi connectivity index (χ0v) is 17.2. The second-order valence-electron chi connectivity index (χ2n) is 8.07. The highest BCUT2D eigenvalue weighted by molar-refractivity contribution is 6.12. The van der Waals surface area contributed by atoms with Crippen molar-refractivity contribution >= 4 is 21.5 Å². The molecule has 2 atom stereocenters. The molecule has 0 bridgehead atoms. The quantitative estimate of drug-likeness (QED) is 0.684. The van der Waals surface area contributed by atoms with Crippen LogP contribution in [0.5, 0.6) is 17.2 Å². The fraction of sp³-hybridized carbons (Fsp3) is 0.417. The van der Waals surface area contributed by atoms with Crippen molar-refractivity contribution in [3.05, 3.63) is 41.5 Å². The van der Waals surface area contributed by atoms with Gasteiger partial charge in [-0.3, -0.25) is 4.90 Å². The molecule has 0 spiro atoms. The molecule has 3 aromatic rings. The van der Waals surface area contributed by atoms with Crippen LogP contribution in [-0.4, -0.2) is 50.0 Å². The minimum Gasteiger partial charge on any atom is -0.497 e. The number of aliphatic hydroxyl groups excluding tert-OH is 1. The van der Waals surface area contributed by atoms with Crippen molar-refractivity contribution in [1.29, 1.82) is 0 Å². The molecule has 2 aliphatic rings. The van der Waals surface area contributed by atoms with Gasteiger partial charge >= 0.3 is 0 Å². The number of nitrogens with zero attached hydrogens (tertiary/aromatic N) is 1. The van der Waals surface area contributed by atoms with Gasteiger partial charge in [0.1, 0.15) is 5.75 Å². The minimum absolute atomic E-state index is 0.184. The molecule has 1 N–H and O–H groups in total. The standard InChI is InChI=1S/C24H27NO4/c1-27-14-6-7-15-16(9-14)18-11-23(28-2)24(29-3)12-19(18)17-10-21-22(26)5-4-8-25(21)13-20(15)17/h6-7,9,11-12,21-22,26H,4-5,8,10,13H2,1-3H3/t21-,22+/m0/s1. The molecular formula is C24H27NO4. The van der Waals surface area contributed by atoms with Gasteiger partial charge in [0.05, 0.1) is 27.4 Å². The van der Waals surface area contributed by atoms with Crippen LogP contribution in [0.4, 0.5) is 0 Å². The van der Waals surface area contributed by atoms with E-state index in [-0.39, 0.29) is 12.1 Å². The second kappa shape index (κ2) is 7.08. The van der Waals surface area contributed by atoms with E-state index in [0.717, 1.165) is 60.4 Å². The lowest BCUT2D eigenvalue weighted by Crippen LogP contribution is -2.51. The molecule has 0 saturated carbocycles. The molecule has 2 heterocycles. The van der Waals surface area contributed by atoms with Gasteiger partial charge in [-0.1, -0.05) is 6.07 Å². The largest absolute Gasteiger partial charge is 0.497 e. The van der Waals surface area contributed by atoms with E-state index in [1.807, 2.05) is 6.07 Å². The molecule has 0 aromatic heterocycles. The molecule has 3 aromatic carbocycles. The number of benzene rings is 3. The summed E-state index contributed by atoms with van der Waals surface area (Å²) in [5.74, 6) is 2.30. The van der Waals surface area contributed by atoms with Crippen molar-refractivity contribution in [1.82, 2.24) is 4.90 Å². The maximum absolute atomic E-state index is 10.7. The molecular weight excluding hydrogens is 366 g/mol. The Hall–Kier alpha value is -2.50. The Labute approximate surface area is 170 Å².